The summed E-state index contributed by atoms with van der Waals surface area (Å²) in [4.78, 5) is 28.0. The molecule has 1 aliphatic heterocycles. The third-order valence-corrected chi connectivity index (χ3v) is 8.53. The van der Waals surface area contributed by atoms with Crippen LogP contribution in [0.5, 0.6) is 5.75 Å². The zero-order valence-corrected chi connectivity index (χ0v) is 22.8. The predicted molar refractivity (Wildman–Crippen MR) is 149 cm³/mol. The van der Waals surface area contributed by atoms with Crippen molar-refractivity contribution >= 4 is 45.7 Å². The Kier molecular flexibility index (Phi) is 7.76. The first-order valence-electron chi connectivity index (χ1n) is 12.1. The number of Topliss-reactive ketones (excluding diaryl/α,β-unsaturated/α-hetero) is 1. The fraction of sp³-hybridized carbons (Fsp3) is 0.172. The minimum atomic E-state index is -0.907. The zero-order valence-electron chi connectivity index (χ0n) is 21.1. The van der Waals surface area contributed by atoms with Gasteiger partial charge in [-0.3, -0.25) is 14.5 Å². The van der Waals surface area contributed by atoms with E-state index in [-0.39, 0.29) is 22.3 Å². The predicted octanol–water partition coefficient (Wildman–Crippen LogP) is 6.17. The van der Waals surface area contributed by atoms with Crippen molar-refractivity contribution in [1.29, 1.82) is 0 Å². The fourth-order valence-corrected chi connectivity index (χ4v) is 6.15. The number of benzene rings is 3. The van der Waals surface area contributed by atoms with E-state index in [9.17, 15) is 19.1 Å². The zero-order chi connectivity index (χ0) is 27.5. The number of aliphatic hydroxyl groups is 1. The maximum absolute atomic E-state index is 14.1. The lowest BCUT2D eigenvalue weighted by atomic mass is 9.94. The van der Waals surface area contributed by atoms with Crippen LogP contribution < -0.4 is 9.64 Å². The van der Waals surface area contributed by atoms with E-state index in [0.717, 1.165) is 23.3 Å². The Labute approximate surface area is 233 Å². The van der Waals surface area contributed by atoms with Crippen LogP contribution in [0.25, 0.3) is 5.76 Å². The lowest BCUT2D eigenvalue weighted by molar-refractivity contribution is -0.132. The number of ketones is 1. The molecule has 4 aromatic rings. The van der Waals surface area contributed by atoms with Crippen molar-refractivity contribution in [1.82, 2.24) is 10.2 Å². The Bertz CT molecular complexity index is 1550. The normalized spacial score (nSPS) is 16.6. The molecule has 0 spiro atoms. The number of aromatic nitrogens is 2. The molecule has 1 atom stereocenters. The van der Waals surface area contributed by atoms with Crippen molar-refractivity contribution in [3.63, 3.8) is 0 Å². The monoisotopic (exact) mass is 561 g/mol. The van der Waals surface area contributed by atoms with Crippen molar-refractivity contribution in [2.75, 3.05) is 12.0 Å². The lowest BCUT2D eigenvalue weighted by Crippen LogP contribution is -2.29. The summed E-state index contributed by atoms with van der Waals surface area (Å²) in [5.41, 5.74) is 2.61. The van der Waals surface area contributed by atoms with Crippen molar-refractivity contribution in [3.8, 4) is 5.75 Å². The highest BCUT2D eigenvalue weighted by Crippen LogP contribution is 2.44. The number of carbonyl (C=O) groups excluding carboxylic acids is 2. The Balaban J connectivity index is 1.54. The van der Waals surface area contributed by atoms with Gasteiger partial charge < -0.3 is 9.84 Å². The molecule has 39 heavy (non-hydrogen) atoms. The molecule has 0 aliphatic carbocycles. The Morgan fingerprint density at radius 1 is 1.05 bits per heavy atom. The number of hydrogen-bond acceptors (Lipinski definition) is 8. The third kappa shape index (κ3) is 5.30. The van der Waals surface area contributed by atoms with E-state index in [2.05, 4.69) is 10.2 Å². The number of aliphatic hydroxyl groups excluding tert-OH is 1. The number of carbonyl (C=O) groups is 2. The van der Waals surface area contributed by atoms with Crippen LogP contribution in [0, 0.1) is 5.82 Å². The van der Waals surface area contributed by atoms with Crippen LogP contribution >= 0.6 is 23.1 Å². The summed E-state index contributed by atoms with van der Waals surface area (Å²) in [6.07, 6.45) is 0.825. The van der Waals surface area contributed by atoms with Crippen molar-refractivity contribution in [2.24, 2.45) is 0 Å². The second-order valence-electron chi connectivity index (χ2n) is 8.72. The minimum Gasteiger partial charge on any atom is -0.507 e. The molecule has 0 saturated carbocycles. The van der Waals surface area contributed by atoms with Crippen LogP contribution in [-0.2, 0) is 21.8 Å². The molecule has 2 heterocycles. The van der Waals surface area contributed by atoms with Gasteiger partial charge in [0.25, 0.3) is 5.78 Å². The molecule has 1 aliphatic rings. The summed E-state index contributed by atoms with van der Waals surface area (Å²) in [6.45, 7) is 2.03. The van der Waals surface area contributed by atoms with Gasteiger partial charge in [-0.15, -0.1) is 10.2 Å². The van der Waals surface area contributed by atoms with Gasteiger partial charge >= 0.3 is 5.91 Å². The molecule has 1 unspecified atom stereocenters. The third-order valence-electron chi connectivity index (χ3n) is 6.42. The van der Waals surface area contributed by atoms with Gasteiger partial charge in [0.1, 0.15) is 17.3 Å². The summed E-state index contributed by atoms with van der Waals surface area (Å²) in [7, 11) is 1.53. The smallest absolute Gasteiger partial charge is 0.301 e. The number of amides is 1. The van der Waals surface area contributed by atoms with Crippen LogP contribution in [0.15, 0.2) is 82.7 Å². The first-order valence-corrected chi connectivity index (χ1v) is 14.0. The second kappa shape index (κ2) is 11.4. The van der Waals surface area contributed by atoms with Crippen molar-refractivity contribution in [3.05, 3.63) is 106 Å². The number of anilines is 1. The molecule has 0 radical (unpaired) electrons. The van der Waals surface area contributed by atoms with E-state index in [1.807, 2.05) is 31.2 Å². The van der Waals surface area contributed by atoms with Gasteiger partial charge in [0.15, 0.2) is 4.34 Å². The average molecular weight is 562 g/mol. The largest absolute Gasteiger partial charge is 0.507 e. The average Bonchev–Trinajstić information content (AvgIpc) is 3.54. The first-order chi connectivity index (χ1) is 18.9. The molecule has 1 saturated heterocycles. The molecular weight excluding hydrogens is 537 g/mol. The second-order valence-corrected chi connectivity index (χ2v) is 10.9. The number of thioether (sulfide) groups is 1. The molecule has 10 heteroatoms. The minimum absolute atomic E-state index is 0.0369. The standard InChI is InChI=1S/C29H24FN3O4S2/c1-3-17-8-10-18(11-9-17)24-23(25(34)19-12-14-21(37-2)15-13-19)26(35)27(36)33(24)28-31-32-29(39-28)38-16-20-6-4-5-7-22(20)30/h4-15,24,34H,3,16H2,1-2H3/b25-23-. The van der Waals surface area contributed by atoms with Crippen molar-refractivity contribution < 1.29 is 23.8 Å². The van der Waals surface area contributed by atoms with Gasteiger partial charge in [0, 0.05) is 11.3 Å². The lowest BCUT2D eigenvalue weighted by Gasteiger charge is -2.22. The summed E-state index contributed by atoms with van der Waals surface area (Å²) < 4.78 is 19.8. The molecule has 0 bridgehead atoms. The maximum atomic E-state index is 14.1. The highest BCUT2D eigenvalue weighted by Gasteiger charge is 2.48. The van der Waals surface area contributed by atoms with Crippen molar-refractivity contribution in [2.45, 2.75) is 29.5 Å². The van der Waals surface area contributed by atoms with E-state index in [4.69, 9.17) is 4.74 Å². The quantitative estimate of drug-likeness (QED) is 0.0905. The van der Waals surface area contributed by atoms with E-state index < -0.39 is 17.7 Å². The molecule has 1 amide bonds. The number of aryl methyl sites for hydroxylation is 1. The Morgan fingerprint density at radius 2 is 1.77 bits per heavy atom. The highest BCUT2D eigenvalue weighted by molar-refractivity contribution is 8.00. The Hall–Kier alpha value is -4.02. The fourth-order valence-electron chi connectivity index (χ4n) is 4.30. The van der Waals surface area contributed by atoms with Crippen LogP contribution in [0.3, 0.4) is 0 Å². The molecule has 1 aromatic heterocycles. The van der Waals surface area contributed by atoms with Crippen LogP contribution in [0.2, 0.25) is 0 Å². The van der Waals surface area contributed by atoms with E-state index in [0.29, 0.717) is 32.5 Å². The topological polar surface area (TPSA) is 92.6 Å². The highest BCUT2D eigenvalue weighted by atomic mass is 32.2. The molecule has 198 valence electrons. The van der Waals surface area contributed by atoms with Gasteiger partial charge in [-0.25, -0.2) is 4.39 Å². The molecule has 3 aromatic carbocycles. The molecule has 1 fully saturated rings. The molecular formula is C29H24FN3O4S2. The summed E-state index contributed by atoms with van der Waals surface area (Å²) in [6, 6.07) is 19.7. The van der Waals surface area contributed by atoms with E-state index in [1.54, 1.807) is 42.5 Å². The Morgan fingerprint density at radius 3 is 2.44 bits per heavy atom. The number of nitrogens with zero attached hydrogens (tertiary/aromatic N) is 3. The first kappa shape index (κ1) is 26.6. The molecule has 1 N–H and O–H groups in total. The number of rotatable bonds is 8. The van der Waals surface area contributed by atoms with Crippen LogP contribution in [0.1, 0.15) is 35.2 Å². The number of halogens is 1. The van der Waals surface area contributed by atoms with E-state index >= 15 is 0 Å². The number of ether oxygens (including phenoxy) is 1. The van der Waals surface area contributed by atoms with Gasteiger partial charge in [0.05, 0.1) is 18.7 Å². The molecule has 5 rings (SSSR count). The summed E-state index contributed by atoms with van der Waals surface area (Å²) >= 11 is 2.42. The summed E-state index contributed by atoms with van der Waals surface area (Å²) in [5, 5.41) is 19.9. The molecule has 7 nitrogen and oxygen atoms in total. The van der Waals surface area contributed by atoms with Gasteiger partial charge in [-0.1, -0.05) is 72.5 Å². The van der Waals surface area contributed by atoms with Crippen LogP contribution in [0.4, 0.5) is 9.52 Å². The maximum Gasteiger partial charge on any atom is 0.301 e. The SMILES string of the molecule is CCc1ccc(C2/C(=C(/O)c3ccc(OC)cc3)C(=O)C(=O)N2c2nnc(SCc3ccccc3F)s2)cc1. The van der Waals surface area contributed by atoms with Gasteiger partial charge in [0.2, 0.25) is 5.13 Å². The van der Waals surface area contributed by atoms with Gasteiger partial charge in [-0.2, -0.15) is 0 Å². The summed E-state index contributed by atoms with van der Waals surface area (Å²) in [5.74, 6) is -1.30. The van der Waals surface area contributed by atoms with Crippen LogP contribution in [-0.4, -0.2) is 34.1 Å². The number of hydrogen-bond donors (Lipinski definition) is 1. The number of methoxy groups -OCH3 is 1. The van der Waals surface area contributed by atoms with Gasteiger partial charge in [-0.05, 0) is 53.4 Å². The van der Waals surface area contributed by atoms with E-state index in [1.165, 1.54) is 29.8 Å².